The van der Waals surface area contributed by atoms with E-state index in [4.69, 9.17) is 0 Å². The van der Waals surface area contributed by atoms with Gasteiger partial charge in [-0.25, -0.2) is 0 Å². The summed E-state index contributed by atoms with van der Waals surface area (Å²) in [5, 5.41) is 3.67. The monoisotopic (exact) mass is 230 g/mol. The largest absolute Gasteiger partial charge is 0.313 e. The lowest BCUT2D eigenvalue weighted by atomic mass is 10.2. The van der Waals surface area contributed by atoms with Crippen LogP contribution in [-0.4, -0.2) is 30.6 Å². The molecule has 0 amide bonds. The molecular weight excluding hydrogens is 208 g/mol. The number of hydrogen-bond donors (Lipinski definition) is 1. The second-order valence-electron chi connectivity index (χ2n) is 5.49. The Morgan fingerprint density at radius 1 is 1.18 bits per heavy atom. The zero-order valence-corrected chi connectivity index (χ0v) is 10.6. The van der Waals surface area contributed by atoms with Crippen LogP contribution >= 0.6 is 0 Å². The van der Waals surface area contributed by atoms with Gasteiger partial charge in [0.2, 0.25) is 0 Å². The number of nitrogens with one attached hydrogen (secondary N) is 1. The van der Waals surface area contributed by atoms with Crippen LogP contribution in [0.1, 0.15) is 18.9 Å². The number of fused-ring (bicyclic) bond motifs is 1. The third kappa shape index (κ3) is 2.38. The normalized spacial score (nSPS) is 31.5. The van der Waals surface area contributed by atoms with Gasteiger partial charge in [0.05, 0.1) is 0 Å². The van der Waals surface area contributed by atoms with Gasteiger partial charge < -0.3 is 5.32 Å². The molecule has 1 aromatic rings. The van der Waals surface area contributed by atoms with Crippen molar-refractivity contribution in [1.82, 2.24) is 10.2 Å². The van der Waals surface area contributed by atoms with E-state index in [2.05, 4.69) is 47.5 Å². The average molecular weight is 230 g/mol. The smallest absolute Gasteiger partial charge is 0.0233 e. The van der Waals surface area contributed by atoms with Crippen LogP contribution in [0.2, 0.25) is 0 Å². The average Bonchev–Trinajstić information content (AvgIpc) is 2.81. The van der Waals surface area contributed by atoms with E-state index in [1.165, 1.54) is 31.6 Å². The summed E-state index contributed by atoms with van der Waals surface area (Å²) in [4.78, 5) is 2.61. The van der Waals surface area contributed by atoms with Crippen molar-refractivity contribution in [3.8, 4) is 0 Å². The quantitative estimate of drug-likeness (QED) is 0.833. The molecule has 0 bridgehead atoms. The molecule has 1 saturated heterocycles. The minimum absolute atomic E-state index is 0.835. The summed E-state index contributed by atoms with van der Waals surface area (Å²) in [5.41, 5.74) is 1.45. The number of nitrogens with zero attached hydrogens (tertiary/aromatic N) is 1. The van der Waals surface area contributed by atoms with E-state index in [0.717, 1.165) is 24.4 Å². The summed E-state index contributed by atoms with van der Waals surface area (Å²) in [6.45, 7) is 7.15. The fourth-order valence-electron chi connectivity index (χ4n) is 3.20. The molecule has 1 saturated carbocycles. The van der Waals surface area contributed by atoms with E-state index in [1.807, 2.05) is 0 Å². The minimum Gasteiger partial charge on any atom is -0.313 e. The molecule has 2 fully saturated rings. The lowest BCUT2D eigenvalue weighted by molar-refractivity contribution is 0.282. The zero-order valence-electron chi connectivity index (χ0n) is 10.6. The third-order valence-corrected chi connectivity index (χ3v) is 4.15. The molecule has 1 aliphatic heterocycles. The zero-order chi connectivity index (χ0) is 11.7. The molecule has 2 aliphatic rings. The van der Waals surface area contributed by atoms with Crippen molar-refractivity contribution in [3.63, 3.8) is 0 Å². The highest BCUT2D eigenvalue weighted by Crippen LogP contribution is 2.45. The van der Waals surface area contributed by atoms with Gasteiger partial charge in [0.15, 0.2) is 0 Å². The van der Waals surface area contributed by atoms with Gasteiger partial charge in [-0.05, 0) is 30.4 Å². The fourth-order valence-corrected chi connectivity index (χ4v) is 3.20. The standard InChI is InChI=1S/C15H22N2/c1-2-8-16-15-13-10-17(11-14(13)15)9-12-6-4-3-5-7-12/h3-7,13-16H,2,8-11H2,1H3. The maximum atomic E-state index is 3.67. The summed E-state index contributed by atoms with van der Waals surface area (Å²) in [6.07, 6.45) is 1.25. The van der Waals surface area contributed by atoms with Gasteiger partial charge in [-0.1, -0.05) is 37.3 Å². The Hall–Kier alpha value is -0.860. The van der Waals surface area contributed by atoms with Crippen molar-refractivity contribution in [1.29, 1.82) is 0 Å². The highest BCUT2D eigenvalue weighted by Gasteiger charge is 2.54. The van der Waals surface area contributed by atoms with Gasteiger partial charge >= 0.3 is 0 Å². The molecule has 0 spiro atoms. The Kier molecular flexibility index (Phi) is 3.17. The van der Waals surface area contributed by atoms with Gasteiger partial charge in [0, 0.05) is 25.7 Å². The molecular formula is C15H22N2. The van der Waals surface area contributed by atoms with Gasteiger partial charge in [-0.3, -0.25) is 4.90 Å². The molecule has 17 heavy (non-hydrogen) atoms. The molecule has 3 rings (SSSR count). The molecule has 2 atom stereocenters. The van der Waals surface area contributed by atoms with E-state index < -0.39 is 0 Å². The van der Waals surface area contributed by atoms with Crippen LogP contribution in [0, 0.1) is 11.8 Å². The van der Waals surface area contributed by atoms with E-state index in [0.29, 0.717) is 0 Å². The van der Waals surface area contributed by atoms with Crippen LogP contribution in [0.3, 0.4) is 0 Å². The lowest BCUT2D eigenvalue weighted by Crippen LogP contribution is -2.31. The second-order valence-corrected chi connectivity index (χ2v) is 5.49. The van der Waals surface area contributed by atoms with Crippen molar-refractivity contribution in [3.05, 3.63) is 35.9 Å². The second kappa shape index (κ2) is 4.79. The SMILES string of the molecule is CCCNC1C2CN(Cc3ccccc3)CC21. The third-order valence-electron chi connectivity index (χ3n) is 4.15. The molecule has 0 aromatic heterocycles. The number of hydrogen-bond acceptors (Lipinski definition) is 2. The van der Waals surface area contributed by atoms with Crippen molar-refractivity contribution >= 4 is 0 Å². The number of likely N-dealkylation sites (tertiary alicyclic amines) is 1. The Morgan fingerprint density at radius 3 is 2.53 bits per heavy atom. The number of piperidine rings is 1. The van der Waals surface area contributed by atoms with E-state index >= 15 is 0 Å². The maximum absolute atomic E-state index is 3.67. The summed E-state index contributed by atoms with van der Waals surface area (Å²) in [5.74, 6) is 1.87. The predicted octanol–water partition coefficient (Wildman–Crippen LogP) is 2.12. The van der Waals surface area contributed by atoms with Gasteiger partial charge in [0.25, 0.3) is 0 Å². The van der Waals surface area contributed by atoms with Gasteiger partial charge in [0.1, 0.15) is 0 Å². The Balaban J connectivity index is 1.46. The van der Waals surface area contributed by atoms with E-state index in [-0.39, 0.29) is 0 Å². The summed E-state index contributed by atoms with van der Waals surface area (Å²) >= 11 is 0. The van der Waals surface area contributed by atoms with Crippen molar-refractivity contribution in [2.45, 2.75) is 25.9 Å². The number of benzene rings is 1. The first-order valence-corrected chi connectivity index (χ1v) is 6.88. The molecule has 1 aromatic carbocycles. The van der Waals surface area contributed by atoms with Gasteiger partial charge in [-0.15, -0.1) is 0 Å². The molecule has 92 valence electrons. The Morgan fingerprint density at radius 2 is 1.88 bits per heavy atom. The van der Waals surface area contributed by atoms with Crippen molar-refractivity contribution in [2.24, 2.45) is 11.8 Å². The molecule has 0 radical (unpaired) electrons. The first-order chi connectivity index (χ1) is 8.38. The van der Waals surface area contributed by atoms with Crippen LogP contribution in [0.15, 0.2) is 30.3 Å². The van der Waals surface area contributed by atoms with Crippen molar-refractivity contribution in [2.75, 3.05) is 19.6 Å². The predicted molar refractivity (Wildman–Crippen MR) is 70.8 cm³/mol. The van der Waals surface area contributed by atoms with Crippen molar-refractivity contribution < 1.29 is 0 Å². The number of rotatable bonds is 5. The highest BCUT2D eigenvalue weighted by atomic mass is 15.2. The summed E-state index contributed by atoms with van der Waals surface area (Å²) in [7, 11) is 0. The lowest BCUT2D eigenvalue weighted by Gasteiger charge is -2.19. The summed E-state index contributed by atoms with van der Waals surface area (Å²) in [6, 6.07) is 11.7. The van der Waals surface area contributed by atoms with E-state index in [9.17, 15) is 0 Å². The topological polar surface area (TPSA) is 15.3 Å². The minimum atomic E-state index is 0.835. The van der Waals surface area contributed by atoms with E-state index in [1.54, 1.807) is 0 Å². The summed E-state index contributed by atoms with van der Waals surface area (Å²) < 4.78 is 0. The molecule has 1 heterocycles. The van der Waals surface area contributed by atoms with Crippen LogP contribution in [0.25, 0.3) is 0 Å². The Bertz CT molecular complexity index is 350. The molecule has 2 heteroatoms. The molecule has 2 nitrogen and oxygen atoms in total. The highest BCUT2D eigenvalue weighted by molar-refractivity contribution is 5.16. The molecule has 1 aliphatic carbocycles. The van der Waals surface area contributed by atoms with Crippen LogP contribution in [0.4, 0.5) is 0 Å². The van der Waals surface area contributed by atoms with Gasteiger partial charge in [-0.2, -0.15) is 0 Å². The van der Waals surface area contributed by atoms with Crippen LogP contribution in [0.5, 0.6) is 0 Å². The van der Waals surface area contributed by atoms with Crippen LogP contribution < -0.4 is 5.32 Å². The van der Waals surface area contributed by atoms with Crippen LogP contribution in [-0.2, 0) is 6.54 Å². The molecule has 1 N–H and O–H groups in total. The Labute approximate surface area is 104 Å². The maximum Gasteiger partial charge on any atom is 0.0233 e. The first kappa shape index (κ1) is 11.2. The fraction of sp³-hybridized carbons (Fsp3) is 0.600. The first-order valence-electron chi connectivity index (χ1n) is 6.88. The molecule has 2 unspecified atom stereocenters.